The van der Waals surface area contributed by atoms with Crippen molar-refractivity contribution in [3.05, 3.63) is 18.2 Å². The van der Waals surface area contributed by atoms with Gasteiger partial charge in [-0.3, -0.25) is 0 Å². The predicted molar refractivity (Wildman–Crippen MR) is 76.2 cm³/mol. The van der Waals surface area contributed by atoms with Crippen molar-refractivity contribution in [2.45, 2.75) is 37.1 Å². The molecule has 0 saturated heterocycles. The van der Waals surface area contributed by atoms with E-state index in [1.165, 1.54) is 6.07 Å². The lowest BCUT2D eigenvalue weighted by molar-refractivity contribution is 0.252. The molecule has 108 valence electrons. The van der Waals surface area contributed by atoms with Gasteiger partial charge < -0.3 is 16.2 Å². The molecule has 0 amide bonds. The van der Waals surface area contributed by atoms with E-state index in [-0.39, 0.29) is 11.5 Å². The molecule has 0 aliphatic rings. The Kier molecular flexibility index (Phi) is 4.78. The predicted octanol–water partition coefficient (Wildman–Crippen LogP) is 0.879. The van der Waals surface area contributed by atoms with Gasteiger partial charge in [0.1, 0.15) is 4.90 Å². The van der Waals surface area contributed by atoms with Crippen LogP contribution in [0, 0.1) is 0 Å². The van der Waals surface area contributed by atoms with E-state index in [0.717, 1.165) is 6.42 Å². The topological polar surface area (TPSA) is 118 Å². The van der Waals surface area contributed by atoms with Crippen LogP contribution >= 0.6 is 0 Å². The van der Waals surface area contributed by atoms with Crippen molar-refractivity contribution >= 4 is 21.4 Å². The molecule has 1 atom stereocenters. The van der Waals surface area contributed by atoms with Crippen molar-refractivity contribution in [2.24, 2.45) is 5.14 Å². The summed E-state index contributed by atoms with van der Waals surface area (Å²) < 4.78 is 23.1. The van der Waals surface area contributed by atoms with Crippen LogP contribution in [0.25, 0.3) is 0 Å². The van der Waals surface area contributed by atoms with Crippen molar-refractivity contribution in [1.82, 2.24) is 0 Å². The van der Waals surface area contributed by atoms with E-state index in [4.69, 9.17) is 16.0 Å². The van der Waals surface area contributed by atoms with Crippen LogP contribution in [0.4, 0.5) is 11.4 Å². The summed E-state index contributed by atoms with van der Waals surface area (Å²) in [6, 6.07) is 4.51. The highest BCUT2D eigenvalue weighted by Gasteiger charge is 2.24. The number of anilines is 2. The van der Waals surface area contributed by atoms with Gasteiger partial charge in [0.05, 0.1) is 5.69 Å². The SMILES string of the molecule is CCC(C)(CCO)Nc1ccc(N)cc1S(N)(=O)=O. The van der Waals surface area contributed by atoms with Gasteiger partial charge in [-0.25, -0.2) is 13.6 Å². The van der Waals surface area contributed by atoms with Gasteiger partial charge in [-0.05, 0) is 38.0 Å². The summed E-state index contributed by atoms with van der Waals surface area (Å²) in [7, 11) is -3.86. The minimum Gasteiger partial charge on any atom is -0.399 e. The van der Waals surface area contributed by atoms with E-state index >= 15 is 0 Å². The molecule has 0 aliphatic carbocycles. The summed E-state index contributed by atoms with van der Waals surface area (Å²) in [6.07, 6.45) is 1.22. The van der Waals surface area contributed by atoms with Crippen LogP contribution in [0.1, 0.15) is 26.7 Å². The Bertz CT molecular complexity index is 545. The maximum atomic E-state index is 11.6. The quantitative estimate of drug-likeness (QED) is 0.579. The molecule has 1 aromatic carbocycles. The zero-order valence-corrected chi connectivity index (χ0v) is 12.0. The molecule has 0 saturated carbocycles. The highest BCUT2D eigenvalue weighted by atomic mass is 32.2. The van der Waals surface area contributed by atoms with E-state index in [9.17, 15) is 8.42 Å². The number of rotatable bonds is 6. The second kappa shape index (κ2) is 5.77. The first-order valence-corrected chi connectivity index (χ1v) is 7.58. The standard InChI is InChI=1S/C12H21N3O3S/c1-3-12(2,6-7-16)15-10-5-4-9(13)8-11(10)19(14,17)18/h4-5,8,15-16H,3,6-7,13H2,1-2H3,(H2,14,17,18). The maximum Gasteiger partial charge on any atom is 0.240 e. The fourth-order valence-electron chi connectivity index (χ4n) is 1.78. The third-order valence-corrected chi connectivity index (χ3v) is 4.14. The average molecular weight is 287 g/mol. The van der Waals surface area contributed by atoms with Crippen molar-refractivity contribution in [1.29, 1.82) is 0 Å². The van der Waals surface area contributed by atoms with Crippen molar-refractivity contribution < 1.29 is 13.5 Å². The highest BCUT2D eigenvalue weighted by Crippen LogP contribution is 2.28. The van der Waals surface area contributed by atoms with E-state index < -0.39 is 15.6 Å². The van der Waals surface area contributed by atoms with E-state index in [2.05, 4.69) is 5.32 Å². The Balaban J connectivity index is 3.21. The van der Waals surface area contributed by atoms with Crippen molar-refractivity contribution in [2.75, 3.05) is 17.7 Å². The zero-order chi connectivity index (χ0) is 14.7. The first kappa shape index (κ1) is 15.7. The lowest BCUT2D eigenvalue weighted by Gasteiger charge is -2.31. The second-order valence-corrected chi connectivity index (χ2v) is 6.34. The van der Waals surface area contributed by atoms with Gasteiger partial charge >= 0.3 is 0 Å². The van der Waals surface area contributed by atoms with Crippen molar-refractivity contribution in [3.63, 3.8) is 0 Å². The van der Waals surface area contributed by atoms with E-state index in [1.807, 2.05) is 13.8 Å². The zero-order valence-electron chi connectivity index (χ0n) is 11.2. The van der Waals surface area contributed by atoms with Crippen molar-refractivity contribution in [3.8, 4) is 0 Å². The number of benzene rings is 1. The smallest absolute Gasteiger partial charge is 0.240 e. The Morgan fingerprint density at radius 3 is 2.53 bits per heavy atom. The Labute approximate surface area is 113 Å². The van der Waals surface area contributed by atoms with Gasteiger partial charge in [0, 0.05) is 17.8 Å². The molecule has 0 bridgehead atoms. The molecule has 1 unspecified atom stereocenters. The second-order valence-electron chi connectivity index (χ2n) is 4.81. The molecular formula is C12H21N3O3S. The number of hydrogen-bond donors (Lipinski definition) is 4. The first-order valence-electron chi connectivity index (χ1n) is 6.03. The van der Waals surface area contributed by atoms with Gasteiger partial charge in [0.2, 0.25) is 10.0 Å². The van der Waals surface area contributed by atoms with Crippen LogP contribution in [0.3, 0.4) is 0 Å². The number of hydrogen-bond acceptors (Lipinski definition) is 5. The highest BCUT2D eigenvalue weighted by molar-refractivity contribution is 7.89. The normalized spacial score (nSPS) is 14.9. The lowest BCUT2D eigenvalue weighted by Crippen LogP contribution is -2.35. The third-order valence-electron chi connectivity index (χ3n) is 3.19. The number of sulfonamides is 1. The van der Waals surface area contributed by atoms with Gasteiger partial charge in [-0.1, -0.05) is 6.92 Å². The summed E-state index contributed by atoms with van der Waals surface area (Å²) in [6.45, 7) is 3.88. The summed E-state index contributed by atoms with van der Waals surface area (Å²) in [5.41, 5.74) is 5.91. The number of primary sulfonamides is 1. The Morgan fingerprint density at radius 1 is 1.42 bits per heavy atom. The van der Waals surface area contributed by atoms with Crippen LogP contribution in [-0.4, -0.2) is 25.7 Å². The molecule has 0 fully saturated rings. The number of nitrogens with one attached hydrogen (secondary N) is 1. The number of aliphatic hydroxyl groups is 1. The number of nitrogens with two attached hydrogens (primary N) is 2. The fourth-order valence-corrected chi connectivity index (χ4v) is 2.50. The third kappa shape index (κ3) is 4.09. The van der Waals surface area contributed by atoms with E-state index in [0.29, 0.717) is 17.8 Å². The van der Waals surface area contributed by atoms with Gasteiger partial charge in [-0.15, -0.1) is 0 Å². The molecule has 0 aliphatic heterocycles. The minimum atomic E-state index is -3.86. The molecule has 19 heavy (non-hydrogen) atoms. The number of aliphatic hydroxyl groups excluding tert-OH is 1. The molecule has 6 N–H and O–H groups in total. The fraction of sp³-hybridized carbons (Fsp3) is 0.500. The van der Waals surface area contributed by atoms with Gasteiger partial charge in [0.25, 0.3) is 0 Å². The summed E-state index contributed by atoms with van der Waals surface area (Å²) in [4.78, 5) is -0.0369. The molecule has 1 rings (SSSR count). The van der Waals surface area contributed by atoms with Crippen LogP contribution in [0.15, 0.2) is 23.1 Å². The van der Waals surface area contributed by atoms with Crippen LogP contribution in [-0.2, 0) is 10.0 Å². The lowest BCUT2D eigenvalue weighted by atomic mass is 9.94. The summed E-state index contributed by atoms with van der Waals surface area (Å²) in [5.74, 6) is 0. The molecule has 7 heteroatoms. The molecule has 1 aromatic rings. The Morgan fingerprint density at radius 2 is 2.05 bits per heavy atom. The van der Waals surface area contributed by atoms with Crippen LogP contribution in [0.2, 0.25) is 0 Å². The largest absolute Gasteiger partial charge is 0.399 e. The van der Waals surface area contributed by atoms with Gasteiger partial charge in [0.15, 0.2) is 0 Å². The average Bonchev–Trinajstić information content (AvgIpc) is 2.30. The Hall–Kier alpha value is -1.31. The monoisotopic (exact) mass is 287 g/mol. The first-order chi connectivity index (χ1) is 8.72. The molecule has 6 nitrogen and oxygen atoms in total. The summed E-state index contributed by atoms with van der Waals surface area (Å²) in [5, 5.41) is 17.4. The summed E-state index contributed by atoms with van der Waals surface area (Å²) >= 11 is 0. The molecule has 0 spiro atoms. The van der Waals surface area contributed by atoms with Crippen LogP contribution < -0.4 is 16.2 Å². The molecular weight excluding hydrogens is 266 g/mol. The van der Waals surface area contributed by atoms with Gasteiger partial charge in [-0.2, -0.15) is 0 Å². The molecule has 0 radical (unpaired) electrons. The number of nitrogen functional groups attached to an aromatic ring is 1. The molecule has 0 heterocycles. The minimum absolute atomic E-state index is 0.0109. The molecule has 0 aromatic heterocycles. The van der Waals surface area contributed by atoms with E-state index in [1.54, 1.807) is 12.1 Å². The van der Waals surface area contributed by atoms with Crippen LogP contribution in [0.5, 0.6) is 0 Å². The maximum absolute atomic E-state index is 11.6.